The van der Waals surface area contributed by atoms with Crippen LogP contribution >= 0.6 is 11.6 Å². The maximum atomic E-state index is 12.5. The molecule has 2 aromatic heterocycles. The van der Waals surface area contributed by atoms with E-state index < -0.39 is 0 Å². The molecule has 1 aliphatic rings. The molecule has 0 saturated carbocycles. The zero-order chi connectivity index (χ0) is 15.8. The van der Waals surface area contributed by atoms with Gasteiger partial charge in [-0.3, -0.25) is 0 Å². The van der Waals surface area contributed by atoms with E-state index >= 15 is 0 Å². The average molecular weight is 327 g/mol. The first kappa shape index (κ1) is 14.1. The number of halogens is 1. The Bertz CT molecular complexity index is 872. The van der Waals surface area contributed by atoms with E-state index in [-0.39, 0.29) is 6.03 Å². The van der Waals surface area contributed by atoms with Crippen LogP contribution in [0.2, 0.25) is 5.02 Å². The molecule has 0 aliphatic carbocycles. The van der Waals surface area contributed by atoms with Crippen LogP contribution in [-0.2, 0) is 13.0 Å². The number of benzene rings is 1. The van der Waals surface area contributed by atoms with Gasteiger partial charge in [-0.2, -0.15) is 0 Å². The van der Waals surface area contributed by atoms with Crippen LogP contribution in [0, 0.1) is 0 Å². The molecule has 5 nitrogen and oxygen atoms in total. The van der Waals surface area contributed by atoms with Gasteiger partial charge in [0.1, 0.15) is 5.65 Å². The minimum Gasteiger partial charge on any atom is -0.318 e. The lowest BCUT2D eigenvalue weighted by Gasteiger charge is -2.27. The maximum Gasteiger partial charge on any atom is 0.322 e. The molecular weight excluding hydrogens is 312 g/mol. The van der Waals surface area contributed by atoms with Crippen LogP contribution < -0.4 is 5.32 Å². The molecular formula is C17H15ClN4O. The van der Waals surface area contributed by atoms with E-state index in [1.165, 1.54) is 0 Å². The predicted octanol–water partition coefficient (Wildman–Crippen LogP) is 3.58. The highest BCUT2D eigenvalue weighted by Gasteiger charge is 2.24. The van der Waals surface area contributed by atoms with Gasteiger partial charge in [0.15, 0.2) is 0 Å². The van der Waals surface area contributed by atoms with Crippen molar-refractivity contribution in [2.24, 2.45) is 0 Å². The number of hydrogen-bond acceptors (Lipinski definition) is 2. The zero-order valence-electron chi connectivity index (χ0n) is 12.4. The topological polar surface area (TPSA) is 49.6 Å². The molecule has 0 bridgehead atoms. The zero-order valence-corrected chi connectivity index (χ0v) is 13.1. The summed E-state index contributed by atoms with van der Waals surface area (Å²) in [5.74, 6) is 0. The van der Waals surface area contributed by atoms with E-state index in [0.717, 1.165) is 29.1 Å². The SMILES string of the molecule is O=C(Nc1ccc(Cl)cc1)N1CCc2nc3ccccn3c2C1. The summed E-state index contributed by atoms with van der Waals surface area (Å²) < 4.78 is 2.05. The number of hydrogen-bond donors (Lipinski definition) is 1. The number of urea groups is 1. The summed E-state index contributed by atoms with van der Waals surface area (Å²) in [7, 11) is 0. The van der Waals surface area contributed by atoms with Crippen molar-refractivity contribution in [2.75, 3.05) is 11.9 Å². The predicted molar refractivity (Wildman–Crippen MR) is 89.8 cm³/mol. The van der Waals surface area contributed by atoms with Gasteiger partial charge >= 0.3 is 6.03 Å². The Morgan fingerprint density at radius 3 is 2.83 bits per heavy atom. The summed E-state index contributed by atoms with van der Waals surface area (Å²) in [4.78, 5) is 18.9. The average Bonchev–Trinajstić information content (AvgIpc) is 2.94. The minimum absolute atomic E-state index is 0.108. The van der Waals surface area contributed by atoms with E-state index in [2.05, 4.69) is 14.7 Å². The lowest BCUT2D eigenvalue weighted by atomic mass is 10.1. The number of aromatic nitrogens is 2. The summed E-state index contributed by atoms with van der Waals surface area (Å²) in [5, 5.41) is 3.56. The van der Waals surface area contributed by atoms with Crippen LogP contribution in [0.5, 0.6) is 0 Å². The van der Waals surface area contributed by atoms with Crippen molar-refractivity contribution in [3.63, 3.8) is 0 Å². The number of nitrogens with zero attached hydrogens (tertiary/aromatic N) is 3. The van der Waals surface area contributed by atoms with Gasteiger partial charge in [0.05, 0.1) is 17.9 Å². The number of amides is 2. The second-order valence-corrected chi connectivity index (χ2v) is 5.98. The highest BCUT2D eigenvalue weighted by atomic mass is 35.5. The van der Waals surface area contributed by atoms with Gasteiger partial charge < -0.3 is 14.6 Å². The molecule has 0 fully saturated rings. The van der Waals surface area contributed by atoms with E-state index in [9.17, 15) is 4.79 Å². The molecule has 1 aliphatic heterocycles. The molecule has 3 heterocycles. The number of carbonyl (C=O) groups excluding carboxylic acids is 1. The number of anilines is 1. The molecule has 0 radical (unpaired) electrons. The number of pyridine rings is 1. The van der Waals surface area contributed by atoms with Crippen LogP contribution in [0.25, 0.3) is 5.65 Å². The fourth-order valence-electron chi connectivity index (χ4n) is 2.87. The summed E-state index contributed by atoms with van der Waals surface area (Å²) in [5.41, 5.74) is 3.82. The second kappa shape index (κ2) is 5.59. The van der Waals surface area contributed by atoms with Gasteiger partial charge in [0.25, 0.3) is 0 Å². The quantitative estimate of drug-likeness (QED) is 0.743. The standard InChI is InChI=1S/C17H15ClN4O/c18-12-4-6-13(7-5-12)19-17(23)21-10-8-14-15(11-21)22-9-2-1-3-16(22)20-14/h1-7,9H,8,10-11H2,(H,19,23). The van der Waals surface area contributed by atoms with Crippen molar-refractivity contribution >= 4 is 29.0 Å². The fraction of sp³-hybridized carbons (Fsp3) is 0.176. The summed E-state index contributed by atoms with van der Waals surface area (Å²) in [6.07, 6.45) is 2.76. The number of imidazole rings is 1. The number of fused-ring (bicyclic) bond motifs is 3. The number of rotatable bonds is 1. The van der Waals surface area contributed by atoms with Crippen molar-refractivity contribution in [1.29, 1.82) is 0 Å². The Labute approximate surface area is 138 Å². The van der Waals surface area contributed by atoms with Crippen molar-refractivity contribution in [1.82, 2.24) is 14.3 Å². The Morgan fingerprint density at radius 1 is 1.17 bits per heavy atom. The van der Waals surface area contributed by atoms with Crippen LogP contribution in [0.1, 0.15) is 11.4 Å². The van der Waals surface area contributed by atoms with Gasteiger partial charge in [-0.15, -0.1) is 0 Å². The van der Waals surface area contributed by atoms with Crippen LogP contribution in [0.15, 0.2) is 48.7 Å². The maximum absolute atomic E-state index is 12.5. The van der Waals surface area contributed by atoms with Gasteiger partial charge in [-0.05, 0) is 36.4 Å². The third-order valence-corrected chi connectivity index (χ3v) is 4.31. The molecule has 0 atom stereocenters. The molecule has 1 N–H and O–H groups in total. The first-order chi connectivity index (χ1) is 11.2. The number of nitrogens with one attached hydrogen (secondary N) is 1. The Kier molecular flexibility index (Phi) is 3.42. The summed E-state index contributed by atoms with van der Waals surface area (Å²) in [6.45, 7) is 1.22. The summed E-state index contributed by atoms with van der Waals surface area (Å²) >= 11 is 5.86. The summed E-state index contributed by atoms with van der Waals surface area (Å²) in [6, 6.07) is 12.9. The Balaban J connectivity index is 1.55. The lowest BCUT2D eigenvalue weighted by molar-refractivity contribution is 0.205. The van der Waals surface area contributed by atoms with E-state index in [1.807, 2.05) is 24.4 Å². The van der Waals surface area contributed by atoms with Crippen LogP contribution in [-0.4, -0.2) is 26.9 Å². The van der Waals surface area contributed by atoms with Crippen molar-refractivity contribution in [3.05, 3.63) is 65.1 Å². The highest BCUT2D eigenvalue weighted by Crippen LogP contribution is 2.21. The van der Waals surface area contributed by atoms with Gasteiger partial charge in [-0.1, -0.05) is 17.7 Å². The normalized spacial score (nSPS) is 13.9. The number of carbonyl (C=O) groups is 1. The van der Waals surface area contributed by atoms with Gasteiger partial charge in [0.2, 0.25) is 0 Å². The highest BCUT2D eigenvalue weighted by molar-refractivity contribution is 6.30. The van der Waals surface area contributed by atoms with Crippen LogP contribution in [0.3, 0.4) is 0 Å². The largest absolute Gasteiger partial charge is 0.322 e. The smallest absolute Gasteiger partial charge is 0.318 e. The molecule has 116 valence electrons. The molecule has 3 aromatic rings. The first-order valence-corrected chi connectivity index (χ1v) is 7.85. The monoisotopic (exact) mass is 326 g/mol. The first-order valence-electron chi connectivity index (χ1n) is 7.47. The lowest BCUT2D eigenvalue weighted by Crippen LogP contribution is -2.39. The second-order valence-electron chi connectivity index (χ2n) is 5.54. The third kappa shape index (κ3) is 2.64. The Morgan fingerprint density at radius 2 is 2.00 bits per heavy atom. The molecule has 1 aromatic carbocycles. The van der Waals surface area contributed by atoms with E-state index in [1.54, 1.807) is 29.2 Å². The molecule has 6 heteroatoms. The third-order valence-electron chi connectivity index (χ3n) is 4.05. The van der Waals surface area contributed by atoms with Crippen molar-refractivity contribution in [3.8, 4) is 0 Å². The van der Waals surface area contributed by atoms with Gasteiger partial charge in [0, 0.05) is 29.9 Å². The molecule has 4 rings (SSSR count). The van der Waals surface area contributed by atoms with E-state index in [0.29, 0.717) is 18.1 Å². The molecule has 2 amide bonds. The van der Waals surface area contributed by atoms with Gasteiger partial charge in [-0.25, -0.2) is 9.78 Å². The Hall–Kier alpha value is -2.53. The molecule has 23 heavy (non-hydrogen) atoms. The fourth-order valence-corrected chi connectivity index (χ4v) is 3.00. The van der Waals surface area contributed by atoms with Crippen molar-refractivity contribution < 1.29 is 4.79 Å². The van der Waals surface area contributed by atoms with Crippen LogP contribution in [0.4, 0.5) is 10.5 Å². The molecule has 0 saturated heterocycles. The molecule has 0 unspecified atom stereocenters. The minimum atomic E-state index is -0.108. The van der Waals surface area contributed by atoms with Crippen molar-refractivity contribution in [2.45, 2.75) is 13.0 Å². The molecule has 0 spiro atoms. The van der Waals surface area contributed by atoms with E-state index in [4.69, 9.17) is 11.6 Å².